The second-order valence-electron chi connectivity index (χ2n) is 7.67. The van der Waals surface area contributed by atoms with Crippen LogP contribution in [0.4, 0.5) is 13.2 Å². The van der Waals surface area contributed by atoms with Gasteiger partial charge in [0.2, 0.25) is 0 Å². The number of halogens is 3. The maximum absolute atomic E-state index is 12.6. The van der Waals surface area contributed by atoms with Crippen molar-refractivity contribution in [1.82, 2.24) is 24.7 Å². The number of guanidine groups is 1. The van der Waals surface area contributed by atoms with Gasteiger partial charge in [0.15, 0.2) is 5.96 Å². The van der Waals surface area contributed by atoms with Crippen LogP contribution in [0.5, 0.6) is 0 Å². The fourth-order valence-corrected chi connectivity index (χ4v) is 4.60. The molecule has 170 valence electrons. The van der Waals surface area contributed by atoms with Crippen LogP contribution in [0.2, 0.25) is 0 Å². The minimum Gasteiger partial charge on any atom is -0.356 e. The number of aliphatic imine (C=N–C) groups is 1. The highest BCUT2D eigenvalue weighted by atomic mass is 32.2. The second-order valence-corrected chi connectivity index (χ2v) is 9.60. The molecule has 0 aromatic rings. The van der Waals surface area contributed by atoms with Gasteiger partial charge in [-0.2, -0.15) is 17.5 Å². The topological polar surface area (TPSA) is 80.3 Å². The number of hydrogen-bond acceptors (Lipinski definition) is 5. The van der Waals surface area contributed by atoms with Crippen molar-refractivity contribution >= 4 is 16.0 Å². The summed E-state index contributed by atoms with van der Waals surface area (Å²) in [5, 5.41) is 6.47. The van der Waals surface area contributed by atoms with Crippen LogP contribution in [0, 0.1) is 5.92 Å². The Morgan fingerprint density at radius 3 is 2.38 bits per heavy atom. The van der Waals surface area contributed by atoms with Gasteiger partial charge in [-0.05, 0) is 45.3 Å². The molecule has 2 aliphatic rings. The average molecular weight is 443 g/mol. The zero-order chi connectivity index (χ0) is 21.5. The first-order chi connectivity index (χ1) is 13.6. The van der Waals surface area contributed by atoms with E-state index in [1.54, 1.807) is 7.05 Å². The first-order valence-electron chi connectivity index (χ1n) is 10.1. The molecule has 2 N–H and O–H groups in total. The maximum Gasteiger partial charge on any atom is 0.511 e. The van der Waals surface area contributed by atoms with Gasteiger partial charge in [0.1, 0.15) is 0 Å². The third-order valence-corrected chi connectivity index (χ3v) is 7.15. The Bertz CT molecular complexity index is 636. The summed E-state index contributed by atoms with van der Waals surface area (Å²) >= 11 is 0. The van der Waals surface area contributed by atoms with Crippen LogP contribution >= 0.6 is 0 Å². The number of sulfonamides is 1. The van der Waals surface area contributed by atoms with Crippen molar-refractivity contribution in [3.8, 4) is 0 Å². The van der Waals surface area contributed by atoms with E-state index in [1.165, 1.54) is 0 Å². The molecule has 0 atom stereocenters. The molecule has 0 unspecified atom stereocenters. The zero-order valence-electron chi connectivity index (χ0n) is 17.2. The van der Waals surface area contributed by atoms with Gasteiger partial charge in [0.05, 0.1) is 0 Å². The number of rotatable bonds is 6. The standard InChI is InChI=1S/C17H33F3N6O2S/c1-21-16(22-6-11-25-8-3-7-24(2)12-13-25)23-14-15-4-9-26(10-5-15)29(27,28)17(18,19)20/h15H,3-14H2,1-2H3,(H2,21,22,23). The molecule has 2 saturated heterocycles. The number of alkyl halides is 3. The van der Waals surface area contributed by atoms with E-state index >= 15 is 0 Å². The Labute approximate surface area is 171 Å². The molecule has 0 aromatic carbocycles. The molecule has 2 heterocycles. The smallest absolute Gasteiger partial charge is 0.356 e. The fourth-order valence-electron chi connectivity index (χ4n) is 3.62. The maximum atomic E-state index is 12.6. The van der Waals surface area contributed by atoms with Crippen LogP contribution in [-0.2, 0) is 10.0 Å². The van der Waals surface area contributed by atoms with E-state index in [0.29, 0.717) is 29.7 Å². The summed E-state index contributed by atoms with van der Waals surface area (Å²) in [5.41, 5.74) is -5.23. The van der Waals surface area contributed by atoms with Gasteiger partial charge in [-0.1, -0.05) is 0 Å². The van der Waals surface area contributed by atoms with Crippen molar-refractivity contribution in [3.05, 3.63) is 0 Å². The lowest BCUT2D eigenvalue weighted by molar-refractivity contribution is -0.0496. The van der Waals surface area contributed by atoms with E-state index in [0.717, 1.165) is 45.7 Å². The molecular formula is C17H33F3N6O2S. The predicted molar refractivity (Wildman–Crippen MR) is 107 cm³/mol. The summed E-state index contributed by atoms with van der Waals surface area (Å²) < 4.78 is 61.4. The number of hydrogen-bond donors (Lipinski definition) is 2. The third kappa shape index (κ3) is 7.26. The lowest BCUT2D eigenvalue weighted by Gasteiger charge is -2.31. The van der Waals surface area contributed by atoms with Gasteiger partial charge in [-0.25, -0.2) is 8.42 Å². The molecule has 2 fully saturated rings. The van der Waals surface area contributed by atoms with Crippen LogP contribution in [0.25, 0.3) is 0 Å². The van der Waals surface area contributed by atoms with Crippen LogP contribution < -0.4 is 10.6 Å². The average Bonchev–Trinajstić information content (AvgIpc) is 2.88. The van der Waals surface area contributed by atoms with E-state index in [2.05, 4.69) is 32.5 Å². The Balaban J connectivity index is 1.67. The van der Waals surface area contributed by atoms with Crippen LogP contribution in [0.3, 0.4) is 0 Å². The molecule has 0 aromatic heterocycles. The van der Waals surface area contributed by atoms with Crippen molar-refractivity contribution < 1.29 is 21.6 Å². The summed E-state index contributed by atoms with van der Waals surface area (Å²) in [6.07, 6.45) is 1.94. The quantitative estimate of drug-likeness (QED) is 0.457. The molecule has 0 spiro atoms. The van der Waals surface area contributed by atoms with Gasteiger partial charge in [0.25, 0.3) is 0 Å². The van der Waals surface area contributed by atoms with Crippen LogP contribution in [0.15, 0.2) is 4.99 Å². The second kappa shape index (κ2) is 10.8. The minimum absolute atomic E-state index is 0.106. The lowest BCUT2D eigenvalue weighted by Crippen LogP contribution is -2.47. The monoisotopic (exact) mass is 442 g/mol. The molecule has 0 radical (unpaired) electrons. The number of likely N-dealkylation sites (N-methyl/N-ethyl adjacent to an activating group) is 1. The molecule has 8 nitrogen and oxygen atoms in total. The molecular weight excluding hydrogens is 409 g/mol. The van der Waals surface area contributed by atoms with Crippen LogP contribution in [0.1, 0.15) is 19.3 Å². The van der Waals surface area contributed by atoms with Crippen molar-refractivity contribution in [1.29, 1.82) is 0 Å². The third-order valence-electron chi connectivity index (χ3n) is 5.52. The van der Waals surface area contributed by atoms with E-state index in [9.17, 15) is 21.6 Å². The number of piperidine rings is 1. The fraction of sp³-hybridized carbons (Fsp3) is 0.941. The SMILES string of the molecule is CN=C(NCCN1CCCN(C)CC1)NCC1CCN(S(=O)(=O)C(F)(F)F)CC1. The summed E-state index contributed by atoms with van der Waals surface area (Å²) in [6, 6.07) is 0. The Hall–Kier alpha value is -1.11. The molecule has 0 aliphatic carbocycles. The largest absolute Gasteiger partial charge is 0.511 e. The summed E-state index contributed by atoms with van der Waals surface area (Å²) in [7, 11) is -1.41. The Morgan fingerprint density at radius 2 is 1.76 bits per heavy atom. The highest BCUT2D eigenvalue weighted by Crippen LogP contribution is 2.30. The van der Waals surface area contributed by atoms with E-state index in [4.69, 9.17) is 0 Å². The Morgan fingerprint density at radius 1 is 1.07 bits per heavy atom. The van der Waals surface area contributed by atoms with E-state index in [-0.39, 0.29) is 19.0 Å². The molecule has 12 heteroatoms. The molecule has 0 amide bonds. The molecule has 0 saturated carbocycles. The molecule has 2 rings (SSSR count). The van der Waals surface area contributed by atoms with E-state index in [1.807, 2.05) is 0 Å². The highest BCUT2D eigenvalue weighted by molar-refractivity contribution is 7.90. The first-order valence-corrected chi connectivity index (χ1v) is 11.5. The summed E-state index contributed by atoms with van der Waals surface area (Å²) in [5.74, 6) is 0.761. The normalized spacial score (nSPS) is 22.4. The van der Waals surface area contributed by atoms with Crippen molar-refractivity contribution in [2.45, 2.75) is 24.8 Å². The van der Waals surface area contributed by atoms with Gasteiger partial charge in [0, 0.05) is 52.9 Å². The number of nitrogens with one attached hydrogen (secondary N) is 2. The summed E-state index contributed by atoms with van der Waals surface area (Å²) in [4.78, 5) is 8.93. The van der Waals surface area contributed by atoms with Gasteiger partial charge in [-0.3, -0.25) is 4.99 Å². The molecule has 0 bridgehead atoms. The first kappa shape index (κ1) is 24.2. The predicted octanol–water partition coefficient (Wildman–Crippen LogP) is 0.351. The van der Waals surface area contributed by atoms with Crippen molar-refractivity contribution in [3.63, 3.8) is 0 Å². The van der Waals surface area contributed by atoms with Gasteiger partial charge >= 0.3 is 15.5 Å². The lowest BCUT2D eigenvalue weighted by atomic mass is 9.98. The van der Waals surface area contributed by atoms with Gasteiger partial charge in [-0.15, -0.1) is 0 Å². The van der Waals surface area contributed by atoms with Gasteiger partial charge < -0.3 is 20.4 Å². The van der Waals surface area contributed by atoms with E-state index < -0.39 is 15.5 Å². The molecule has 2 aliphatic heterocycles. The number of nitrogens with zero attached hydrogens (tertiary/aromatic N) is 4. The summed E-state index contributed by atoms with van der Waals surface area (Å²) in [6.45, 7) is 6.32. The Kier molecular flexibility index (Phi) is 8.98. The van der Waals surface area contributed by atoms with Crippen LogP contribution in [-0.4, -0.2) is 107 Å². The molecule has 29 heavy (non-hydrogen) atoms. The highest BCUT2D eigenvalue weighted by Gasteiger charge is 2.50. The zero-order valence-corrected chi connectivity index (χ0v) is 18.0. The van der Waals surface area contributed by atoms with Crippen molar-refractivity contribution in [2.24, 2.45) is 10.9 Å². The minimum atomic E-state index is -5.23. The van der Waals surface area contributed by atoms with Crippen molar-refractivity contribution in [2.75, 3.05) is 73.0 Å².